The molecule has 1 amide bonds. The van der Waals surface area contributed by atoms with Crippen LogP contribution in [0.1, 0.15) is 12.5 Å². The molecule has 0 aromatic heterocycles. The second kappa shape index (κ2) is 6.00. The van der Waals surface area contributed by atoms with E-state index in [1.54, 1.807) is 12.1 Å². The topological polar surface area (TPSA) is 78.4 Å². The van der Waals surface area contributed by atoms with Crippen LogP contribution in [0.25, 0.3) is 0 Å². The second-order valence-electron chi connectivity index (χ2n) is 3.86. The van der Waals surface area contributed by atoms with Crippen LogP contribution in [0.2, 0.25) is 0 Å². The molecular weight excluding hydrogens is 220 g/mol. The Morgan fingerprint density at radius 1 is 1.29 bits per heavy atom. The Labute approximate surface area is 99.8 Å². The molecule has 0 saturated carbocycles. The first kappa shape index (κ1) is 13.2. The van der Waals surface area contributed by atoms with Crippen molar-refractivity contribution < 1.29 is 14.7 Å². The minimum Gasteiger partial charge on any atom is -0.480 e. The van der Waals surface area contributed by atoms with Crippen LogP contribution >= 0.6 is 0 Å². The fourth-order valence-electron chi connectivity index (χ4n) is 1.18. The van der Waals surface area contributed by atoms with Gasteiger partial charge in [0.25, 0.3) is 0 Å². The highest BCUT2D eigenvalue weighted by molar-refractivity contribution is 5.92. The Morgan fingerprint density at radius 2 is 1.88 bits per heavy atom. The Kier molecular flexibility index (Phi) is 4.66. The van der Waals surface area contributed by atoms with Gasteiger partial charge in [-0.15, -0.1) is 0 Å². The molecule has 17 heavy (non-hydrogen) atoms. The van der Waals surface area contributed by atoms with Crippen LogP contribution in [-0.2, 0) is 9.59 Å². The highest BCUT2D eigenvalue weighted by Crippen LogP contribution is 2.07. The fourth-order valence-corrected chi connectivity index (χ4v) is 1.18. The molecule has 1 aromatic rings. The van der Waals surface area contributed by atoms with E-state index in [0.29, 0.717) is 5.69 Å². The molecular formula is C12H16N2O3. The fraction of sp³-hybridized carbons (Fsp3) is 0.333. The zero-order valence-electron chi connectivity index (χ0n) is 9.86. The summed E-state index contributed by atoms with van der Waals surface area (Å²) < 4.78 is 0. The van der Waals surface area contributed by atoms with Crippen molar-refractivity contribution in [2.75, 3.05) is 11.9 Å². The number of carboxylic acids is 1. The molecule has 5 nitrogen and oxygen atoms in total. The number of aliphatic carboxylic acids is 1. The number of aryl methyl sites for hydroxylation is 1. The largest absolute Gasteiger partial charge is 0.480 e. The Balaban J connectivity index is 2.39. The summed E-state index contributed by atoms with van der Waals surface area (Å²) in [6, 6.07) is 6.65. The maximum atomic E-state index is 11.5. The zero-order chi connectivity index (χ0) is 12.8. The number of amides is 1. The quantitative estimate of drug-likeness (QED) is 0.712. The SMILES string of the molecule is Cc1ccc(NC(=O)CNC(C)C(=O)O)cc1. The van der Waals surface area contributed by atoms with Crippen LogP contribution in [0.15, 0.2) is 24.3 Å². The lowest BCUT2D eigenvalue weighted by molar-refractivity contribution is -0.139. The molecule has 0 radical (unpaired) electrons. The monoisotopic (exact) mass is 236 g/mol. The lowest BCUT2D eigenvalue weighted by Gasteiger charge is -2.09. The average Bonchev–Trinajstić information content (AvgIpc) is 2.29. The third-order valence-electron chi connectivity index (χ3n) is 2.27. The summed E-state index contributed by atoms with van der Waals surface area (Å²) in [5, 5.41) is 13.9. The first-order chi connectivity index (χ1) is 7.99. The third-order valence-corrected chi connectivity index (χ3v) is 2.27. The van der Waals surface area contributed by atoms with Gasteiger partial charge in [-0.2, -0.15) is 0 Å². The first-order valence-corrected chi connectivity index (χ1v) is 5.32. The highest BCUT2D eigenvalue weighted by Gasteiger charge is 2.11. The van der Waals surface area contributed by atoms with Gasteiger partial charge in [0.2, 0.25) is 5.91 Å². The van der Waals surface area contributed by atoms with Crippen molar-refractivity contribution in [3.8, 4) is 0 Å². The number of carbonyl (C=O) groups excluding carboxylic acids is 1. The van der Waals surface area contributed by atoms with Gasteiger partial charge in [-0.1, -0.05) is 17.7 Å². The van der Waals surface area contributed by atoms with Crippen LogP contribution < -0.4 is 10.6 Å². The predicted octanol–water partition coefficient (Wildman–Crippen LogP) is 0.996. The number of carboxylic acid groups (broad SMARTS) is 1. The standard InChI is InChI=1S/C12H16N2O3/c1-8-3-5-10(6-4-8)14-11(15)7-13-9(2)12(16)17/h3-6,9,13H,7H2,1-2H3,(H,14,15)(H,16,17). The van der Waals surface area contributed by atoms with Crippen LogP contribution in [-0.4, -0.2) is 29.6 Å². The van der Waals surface area contributed by atoms with Gasteiger partial charge in [-0.25, -0.2) is 0 Å². The highest BCUT2D eigenvalue weighted by atomic mass is 16.4. The Hall–Kier alpha value is -1.88. The van der Waals surface area contributed by atoms with Gasteiger partial charge in [-0.05, 0) is 26.0 Å². The maximum Gasteiger partial charge on any atom is 0.320 e. The van der Waals surface area contributed by atoms with Gasteiger partial charge >= 0.3 is 5.97 Å². The summed E-state index contributed by atoms with van der Waals surface area (Å²) in [4.78, 5) is 22.0. The predicted molar refractivity (Wildman–Crippen MR) is 64.9 cm³/mol. The van der Waals surface area contributed by atoms with E-state index < -0.39 is 12.0 Å². The average molecular weight is 236 g/mol. The summed E-state index contributed by atoms with van der Waals surface area (Å²) in [7, 11) is 0. The van der Waals surface area contributed by atoms with Crippen molar-refractivity contribution in [2.45, 2.75) is 19.9 Å². The van der Waals surface area contributed by atoms with Crippen molar-refractivity contribution in [1.82, 2.24) is 5.32 Å². The van der Waals surface area contributed by atoms with E-state index in [2.05, 4.69) is 10.6 Å². The van der Waals surface area contributed by atoms with Crippen molar-refractivity contribution in [3.05, 3.63) is 29.8 Å². The number of hydrogen-bond acceptors (Lipinski definition) is 3. The smallest absolute Gasteiger partial charge is 0.320 e. The summed E-state index contributed by atoms with van der Waals surface area (Å²) in [6.45, 7) is 3.42. The van der Waals surface area contributed by atoms with Crippen molar-refractivity contribution >= 4 is 17.6 Å². The number of hydrogen-bond donors (Lipinski definition) is 3. The molecule has 0 saturated heterocycles. The van der Waals surface area contributed by atoms with Crippen LogP contribution in [0.4, 0.5) is 5.69 Å². The molecule has 1 aromatic carbocycles. The molecule has 92 valence electrons. The van der Waals surface area contributed by atoms with Gasteiger partial charge in [-0.3, -0.25) is 14.9 Å². The van der Waals surface area contributed by atoms with Gasteiger partial charge in [0, 0.05) is 5.69 Å². The van der Waals surface area contributed by atoms with Gasteiger partial charge in [0.1, 0.15) is 6.04 Å². The number of carbonyl (C=O) groups is 2. The zero-order valence-corrected chi connectivity index (χ0v) is 9.86. The molecule has 5 heteroatoms. The molecule has 0 aliphatic carbocycles. The Bertz CT molecular complexity index is 401. The number of anilines is 1. The van der Waals surface area contributed by atoms with E-state index in [1.807, 2.05) is 19.1 Å². The lowest BCUT2D eigenvalue weighted by Crippen LogP contribution is -2.39. The Morgan fingerprint density at radius 3 is 2.41 bits per heavy atom. The van der Waals surface area contributed by atoms with Crippen molar-refractivity contribution in [2.24, 2.45) is 0 Å². The van der Waals surface area contributed by atoms with E-state index in [0.717, 1.165) is 5.56 Å². The summed E-state index contributed by atoms with van der Waals surface area (Å²) in [6.07, 6.45) is 0. The summed E-state index contributed by atoms with van der Waals surface area (Å²) >= 11 is 0. The van der Waals surface area contributed by atoms with Crippen LogP contribution in [0, 0.1) is 6.92 Å². The van der Waals surface area contributed by atoms with E-state index in [4.69, 9.17) is 5.11 Å². The molecule has 0 bridgehead atoms. The molecule has 0 spiro atoms. The van der Waals surface area contributed by atoms with E-state index >= 15 is 0 Å². The molecule has 1 atom stereocenters. The van der Waals surface area contributed by atoms with Gasteiger partial charge in [0.15, 0.2) is 0 Å². The first-order valence-electron chi connectivity index (χ1n) is 5.32. The summed E-state index contributed by atoms with van der Waals surface area (Å²) in [5.74, 6) is -1.24. The maximum absolute atomic E-state index is 11.5. The minimum absolute atomic E-state index is 0.0264. The number of rotatable bonds is 5. The number of benzene rings is 1. The number of nitrogens with one attached hydrogen (secondary N) is 2. The molecule has 0 aliphatic heterocycles. The van der Waals surface area contributed by atoms with E-state index in [1.165, 1.54) is 6.92 Å². The second-order valence-corrected chi connectivity index (χ2v) is 3.86. The molecule has 1 unspecified atom stereocenters. The van der Waals surface area contributed by atoms with Crippen molar-refractivity contribution in [3.63, 3.8) is 0 Å². The minimum atomic E-state index is -0.979. The molecule has 0 heterocycles. The van der Waals surface area contributed by atoms with Crippen LogP contribution in [0.5, 0.6) is 0 Å². The van der Waals surface area contributed by atoms with Gasteiger partial charge < -0.3 is 10.4 Å². The molecule has 0 fully saturated rings. The van der Waals surface area contributed by atoms with E-state index in [9.17, 15) is 9.59 Å². The van der Waals surface area contributed by atoms with E-state index in [-0.39, 0.29) is 12.5 Å². The normalized spacial score (nSPS) is 11.9. The van der Waals surface area contributed by atoms with Crippen LogP contribution in [0.3, 0.4) is 0 Å². The third kappa shape index (κ3) is 4.65. The molecule has 1 rings (SSSR count). The van der Waals surface area contributed by atoms with Gasteiger partial charge in [0.05, 0.1) is 6.54 Å². The summed E-state index contributed by atoms with van der Waals surface area (Å²) in [5.41, 5.74) is 1.81. The molecule has 0 aliphatic rings. The lowest BCUT2D eigenvalue weighted by atomic mass is 10.2. The van der Waals surface area contributed by atoms with Crippen molar-refractivity contribution in [1.29, 1.82) is 0 Å². The molecule has 3 N–H and O–H groups in total.